The van der Waals surface area contributed by atoms with E-state index in [4.69, 9.17) is 5.73 Å². The SMILES string of the molecule is CCNC(CN(C)CCC(C)C)(C(N)=O)C1CC1. The highest BCUT2D eigenvalue weighted by Gasteiger charge is 2.49. The van der Waals surface area contributed by atoms with Crippen LogP contribution in [0.15, 0.2) is 0 Å². The second kappa shape index (κ2) is 6.53. The number of hydrogen-bond donors (Lipinski definition) is 2. The van der Waals surface area contributed by atoms with Crippen LogP contribution in [-0.4, -0.2) is 43.0 Å². The average Bonchev–Trinajstić information content (AvgIpc) is 3.09. The van der Waals surface area contributed by atoms with Crippen molar-refractivity contribution in [2.24, 2.45) is 17.6 Å². The molecule has 18 heavy (non-hydrogen) atoms. The summed E-state index contributed by atoms with van der Waals surface area (Å²) >= 11 is 0. The molecule has 1 saturated carbocycles. The van der Waals surface area contributed by atoms with Crippen LogP contribution in [0.25, 0.3) is 0 Å². The second-order valence-electron chi connectivity index (χ2n) is 6.06. The van der Waals surface area contributed by atoms with E-state index in [1.165, 1.54) is 0 Å². The van der Waals surface area contributed by atoms with Gasteiger partial charge in [-0.1, -0.05) is 20.8 Å². The van der Waals surface area contributed by atoms with Gasteiger partial charge in [0.15, 0.2) is 0 Å². The van der Waals surface area contributed by atoms with Crippen LogP contribution in [0.4, 0.5) is 0 Å². The van der Waals surface area contributed by atoms with Gasteiger partial charge in [0.25, 0.3) is 0 Å². The molecule has 0 aromatic heterocycles. The van der Waals surface area contributed by atoms with Crippen LogP contribution in [0, 0.1) is 11.8 Å². The number of likely N-dealkylation sites (N-methyl/N-ethyl adjacent to an activating group) is 2. The Hall–Kier alpha value is -0.610. The zero-order valence-electron chi connectivity index (χ0n) is 12.3. The van der Waals surface area contributed by atoms with Gasteiger partial charge in [-0.2, -0.15) is 0 Å². The number of nitrogens with two attached hydrogens (primary N) is 1. The average molecular weight is 255 g/mol. The van der Waals surface area contributed by atoms with E-state index in [0.717, 1.165) is 38.9 Å². The van der Waals surface area contributed by atoms with Crippen LogP contribution >= 0.6 is 0 Å². The van der Waals surface area contributed by atoms with E-state index in [0.29, 0.717) is 11.8 Å². The number of hydrogen-bond acceptors (Lipinski definition) is 3. The van der Waals surface area contributed by atoms with E-state index in [1.54, 1.807) is 0 Å². The molecule has 0 aliphatic heterocycles. The van der Waals surface area contributed by atoms with Gasteiger partial charge in [-0.15, -0.1) is 0 Å². The third kappa shape index (κ3) is 3.95. The standard InChI is InChI=1S/C14H29N3O/c1-5-16-14(13(15)18,12-6-7-12)10-17(4)9-8-11(2)3/h11-12,16H,5-10H2,1-4H3,(H2,15,18). The van der Waals surface area contributed by atoms with Crippen molar-refractivity contribution in [3.63, 3.8) is 0 Å². The molecule has 0 radical (unpaired) electrons. The molecule has 0 saturated heterocycles. The first kappa shape index (κ1) is 15.4. The molecule has 0 spiro atoms. The Morgan fingerprint density at radius 1 is 1.50 bits per heavy atom. The van der Waals surface area contributed by atoms with E-state index in [1.807, 2.05) is 6.92 Å². The predicted molar refractivity (Wildman–Crippen MR) is 75.3 cm³/mol. The van der Waals surface area contributed by atoms with Crippen molar-refractivity contribution in [2.45, 2.75) is 45.6 Å². The fourth-order valence-electron chi connectivity index (χ4n) is 2.57. The van der Waals surface area contributed by atoms with Crippen LogP contribution in [0.2, 0.25) is 0 Å². The summed E-state index contributed by atoms with van der Waals surface area (Å²) in [6.07, 6.45) is 3.39. The fourth-order valence-corrected chi connectivity index (χ4v) is 2.57. The van der Waals surface area contributed by atoms with Crippen molar-refractivity contribution in [1.82, 2.24) is 10.2 Å². The van der Waals surface area contributed by atoms with Crippen molar-refractivity contribution in [2.75, 3.05) is 26.7 Å². The normalized spacial score (nSPS) is 19.2. The Balaban J connectivity index is 2.62. The van der Waals surface area contributed by atoms with Crippen molar-refractivity contribution >= 4 is 5.91 Å². The van der Waals surface area contributed by atoms with Gasteiger partial charge >= 0.3 is 0 Å². The van der Waals surface area contributed by atoms with E-state index in [9.17, 15) is 4.79 Å². The number of nitrogens with zero attached hydrogens (tertiary/aromatic N) is 1. The number of nitrogens with one attached hydrogen (secondary N) is 1. The molecule has 1 atom stereocenters. The number of primary amides is 1. The van der Waals surface area contributed by atoms with E-state index >= 15 is 0 Å². The smallest absolute Gasteiger partial charge is 0.239 e. The van der Waals surface area contributed by atoms with Crippen LogP contribution in [0.3, 0.4) is 0 Å². The Labute approximate surface area is 111 Å². The molecule has 1 fully saturated rings. The molecule has 106 valence electrons. The molecule has 1 rings (SSSR count). The Kier molecular flexibility index (Phi) is 5.60. The molecule has 0 aromatic carbocycles. The molecule has 4 heteroatoms. The maximum atomic E-state index is 11.9. The summed E-state index contributed by atoms with van der Waals surface area (Å²) in [5.41, 5.74) is 5.16. The molecule has 4 nitrogen and oxygen atoms in total. The van der Waals surface area contributed by atoms with Crippen molar-refractivity contribution in [3.8, 4) is 0 Å². The summed E-state index contributed by atoms with van der Waals surface area (Å²) in [4.78, 5) is 14.1. The number of carbonyl (C=O) groups excluding carboxylic acids is 1. The maximum Gasteiger partial charge on any atom is 0.239 e. The lowest BCUT2D eigenvalue weighted by Gasteiger charge is -2.35. The maximum absolute atomic E-state index is 11.9. The molecular weight excluding hydrogens is 226 g/mol. The lowest BCUT2D eigenvalue weighted by molar-refractivity contribution is -0.126. The first-order valence-corrected chi connectivity index (χ1v) is 7.15. The van der Waals surface area contributed by atoms with Gasteiger partial charge in [0.1, 0.15) is 5.54 Å². The minimum atomic E-state index is -0.513. The molecule has 1 aliphatic rings. The zero-order chi connectivity index (χ0) is 13.8. The van der Waals surface area contributed by atoms with Crippen molar-refractivity contribution < 1.29 is 4.79 Å². The number of rotatable bonds is 9. The Morgan fingerprint density at radius 2 is 2.11 bits per heavy atom. The van der Waals surface area contributed by atoms with Gasteiger partial charge in [0.2, 0.25) is 5.91 Å². The summed E-state index contributed by atoms with van der Waals surface area (Å²) in [7, 11) is 2.08. The predicted octanol–water partition coefficient (Wildman–Crippen LogP) is 1.21. The summed E-state index contributed by atoms with van der Waals surface area (Å²) in [6, 6.07) is 0. The van der Waals surface area contributed by atoms with Gasteiger partial charge in [-0.3, -0.25) is 4.79 Å². The van der Waals surface area contributed by atoms with Gasteiger partial charge in [0, 0.05) is 6.54 Å². The molecule has 0 heterocycles. The molecule has 3 N–H and O–H groups in total. The number of carbonyl (C=O) groups is 1. The van der Waals surface area contributed by atoms with E-state index in [-0.39, 0.29) is 5.91 Å². The second-order valence-corrected chi connectivity index (χ2v) is 6.06. The number of amides is 1. The minimum Gasteiger partial charge on any atom is -0.368 e. The molecular formula is C14H29N3O. The largest absolute Gasteiger partial charge is 0.368 e. The highest BCUT2D eigenvalue weighted by atomic mass is 16.1. The minimum absolute atomic E-state index is 0.191. The molecule has 0 aromatic rings. The van der Waals surface area contributed by atoms with E-state index in [2.05, 4.69) is 31.1 Å². The summed E-state index contributed by atoms with van der Waals surface area (Å²) in [5.74, 6) is 0.926. The summed E-state index contributed by atoms with van der Waals surface area (Å²) in [6.45, 7) is 9.02. The highest BCUT2D eigenvalue weighted by molar-refractivity contribution is 5.86. The van der Waals surface area contributed by atoms with Crippen LogP contribution in [0.5, 0.6) is 0 Å². The Bertz CT molecular complexity index is 276. The van der Waals surface area contributed by atoms with Gasteiger partial charge in [0.05, 0.1) is 0 Å². The third-order valence-electron chi connectivity index (χ3n) is 3.81. The first-order chi connectivity index (χ1) is 8.42. The van der Waals surface area contributed by atoms with Gasteiger partial charge in [-0.25, -0.2) is 0 Å². The van der Waals surface area contributed by atoms with Crippen molar-refractivity contribution in [3.05, 3.63) is 0 Å². The lowest BCUT2D eigenvalue weighted by Crippen LogP contribution is -2.62. The van der Waals surface area contributed by atoms with Gasteiger partial charge < -0.3 is 16.0 Å². The molecule has 1 unspecified atom stereocenters. The fraction of sp³-hybridized carbons (Fsp3) is 0.929. The van der Waals surface area contributed by atoms with Crippen molar-refractivity contribution in [1.29, 1.82) is 0 Å². The zero-order valence-corrected chi connectivity index (χ0v) is 12.3. The quantitative estimate of drug-likeness (QED) is 0.651. The topological polar surface area (TPSA) is 58.4 Å². The van der Waals surface area contributed by atoms with Crippen LogP contribution in [-0.2, 0) is 4.79 Å². The molecule has 0 bridgehead atoms. The van der Waals surface area contributed by atoms with Crippen LogP contribution < -0.4 is 11.1 Å². The molecule has 1 amide bonds. The van der Waals surface area contributed by atoms with Crippen LogP contribution in [0.1, 0.15) is 40.0 Å². The summed E-state index contributed by atoms with van der Waals surface area (Å²) < 4.78 is 0. The highest BCUT2D eigenvalue weighted by Crippen LogP contribution is 2.40. The monoisotopic (exact) mass is 255 g/mol. The third-order valence-corrected chi connectivity index (χ3v) is 3.81. The van der Waals surface area contributed by atoms with E-state index < -0.39 is 5.54 Å². The first-order valence-electron chi connectivity index (χ1n) is 7.15. The summed E-state index contributed by atoms with van der Waals surface area (Å²) in [5, 5.41) is 3.36. The van der Waals surface area contributed by atoms with Gasteiger partial charge in [-0.05, 0) is 51.2 Å². The molecule has 1 aliphatic carbocycles. The Morgan fingerprint density at radius 3 is 2.50 bits per heavy atom. The lowest BCUT2D eigenvalue weighted by atomic mass is 9.91.